The Morgan fingerprint density at radius 3 is 1.33 bits per heavy atom. The average Bonchev–Trinajstić information content (AvgIpc) is 2.46. The van der Waals surface area contributed by atoms with E-state index in [1.54, 1.807) is 0 Å². The summed E-state index contributed by atoms with van der Waals surface area (Å²) in [5, 5.41) is 0. The monoisotopic (exact) mass is 466 g/mol. The molecule has 0 atom stereocenters. The molecule has 1 aromatic carbocycles. The minimum atomic E-state index is -0.607. The van der Waals surface area contributed by atoms with E-state index in [9.17, 15) is 0 Å². The quantitative estimate of drug-likeness (QED) is 0.408. The zero-order valence-corrected chi connectivity index (χ0v) is 18.5. The predicted molar refractivity (Wildman–Crippen MR) is 103 cm³/mol. The first kappa shape index (κ1) is 22.1. The lowest BCUT2D eigenvalue weighted by Crippen LogP contribution is -2.28. The summed E-state index contributed by atoms with van der Waals surface area (Å²) in [5.41, 5.74) is 2.09. The number of hydrogen-bond donors (Lipinski definition) is 0. The van der Waals surface area contributed by atoms with Crippen molar-refractivity contribution in [3.8, 4) is 0 Å². The maximum absolute atomic E-state index is 5.85. The van der Waals surface area contributed by atoms with Gasteiger partial charge in [-0.05, 0) is 64.8 Å². The van der Waals surface area contributed by atoms with Crippen LogP contribution in [0.5, 0.6) is 0 Å². The summed E-state index contributed by atoms with van der Waals surface area (Å²) < 4.78 is 24.8. The van der Waals surface area contributed by atoms with Crippen LogP contribution in [0.25, 0.3) is 0 Å². The summed E-state index contributed by atoms with van der Waals surface area (Å²) >= 11 is 7.22. The predicted octanol–water partition coefficient (Wildman–Crippen LogP) is 5.79. The number of rotatable bonds is 10. The van der Waals surface area contributed by atoms with Crippen molar-refractivity contribution in [3.63, 3.8) is 0 Å². The average molecular weight is 468 g/mol. The normalized spacial score (nSPS) is 12.7. The molecule has 0 aliphatic rings. The largest absolute Gasteiger partial charge is 0.351 e. The van der Waals surface area contributed by atoms with E-state index in [0.717, 1.165) is 20.1 Å². The molecule has 0 aliphatic heterocycles. The molecule has 0 heterocycles. The first-order valence-electron chi connectivity index (χ1n) is 8.13. The molecule has 4 nitrogen and oxygen atoms in total. The van der Waals surface area contributed by atoms with Crippen LogP contribution in [-0.2, 0) is 32.2 Å². The highest BCUT2D eigenvalue weighted by molar-refractivity contribution is 9.11. The minimum absolute atomic E-state index is 0.456. The van der Waals surface area contributed by atoms with Gasteiger partial charge in [0.1, 0.15) is 0 Å². The van der Waals surface area contributed by atoms with E-state index in [4.69, 9.17) is 18.9 Å². The third kappa shape index (κ3) is 7.50. The van der Waals surface area contributed by atoms with Gasteiger partial charge >= 0.3 is 0 Å². The molecule has 0 bridgehead atoms. The zero-order chi connectivity index (χ0) is 18.4. The number of benzene rings is 1. The second kappa shape index (κ2) is 9.64. The summed E-state index contributed by atoms with van der Waals surface area (Å²) in [6, 6.07) is 4.08. The summed E-state index contributed by atoms with van der Waals surface area (Å²) in [4.78, 5) is 0. The molecule has 24 heavy (non-hydrogen) atoms. The molecule has 0 aliphatic carbocycles. The second-order valence-corrected chi connectivity index (χ2v) is 7.99. The van der Waals surface area contributed by atoms with E-state index in [0.29, 0.717) is 26.4 Å². The minimum Gasteiger partial charge on any atom is -0.351 e. The zero-order valence-electron chi connectivity index (χ0n) is 15.4. The van der Waals surface area contributed by atoms with Gasteiger partial charge in [-0.15, -0.1) is 0 Å². The van der Waals surface area contributed by atoms with Crippen LogP contribution in [0.3, 0.4) is 0 Å². The molecule has 0 N–H and O–H groups in total. The molecule has 0 saturated carbocycles. The van der Waals surface area contributed by atoms with Crippen molar-refractivity contribution in [2.75, 3.05) is 13.2 Å². The smallest absolute Gasteiger partial charge is 0.163 e. The van der Waals surface area contributed by atoms with Gasteiger partial charge in [0.25, 0.3) is 0 Å². The van der Waals surface area contributed by atoms with Gasteiger partial charge in [0.05, 0.1) is 13.2 Å². The van der Waals surface area contributed by atoms with Gasteiger partial charge in [0.2, 0.25) is 0 Å². The topological polar surface area (TPSA) is 36.9 Å². The van der Waals surface area contributed by atoms with Gasteiger partial charge in [-0.3, -0.25) is 0 Å². The summed E-state index contributed by atoms with van der Waals surface area (Å²) in [7, 11) is 0. The summed E-state index contributed by atoms with van der Waals surface area (Å²) in [6.07, 6.45) is 0. The highest BCUT2D eigenvalue weighted by Gasteiger charge is 2.21. The van der Waals surface area contributed by atoms with Crippen LogP contribution < -0.4 is 0 Å². The molecule has 0 spiro atoms. The van der Waals surface area contributed by atoms with Gasteiger partial charge in [0.15, 0.2) is 11.6 Å². The third-order valence-corrected chi connectivity index (χ3v) is 4.83. The lowest BCUT2D eigenvalue weighted by molar-refractivity contribution is -0.218. The first-order chi connectivity index (χ1) is 11.1. The third-order valence-electron chi connectivity index (χ3n) is 3.35. The van der Waals surface area contributed by atoms with E-state index < -0.39 is 11.6 Å². The molecule has 0 aromatic heterocycles. The molecular weight excluding hydrogens is 440 g/mol. The van der Waals surface area contributed by atoms with Crippen molar-refractivity contribution in [2.24, 2.45) is 0 Å². The molecule has 0 saturated heterocycles. The maximum Gasteiger partial charge on any atom is 0.163 e. The van der Waals surface area contributed by atoms with E-state index in [2.05, 4.69) is 31.9 Å². The molecule has 1 rings (SSSR count). The fraction of sp³-hybridized carbons (Fsp3) is 0.667. The standard InChI is InChI=1S/C18H28Br2O4/c1-7-21-17(3,4)23-11-13-9-16(20)14(10-15(13)19)12-24-18(5,6)22-8-2/h9-10H,7-8,11-12H2,1-6H3. The summed E-state index contributed by atoms with van der Waals surface area (Å²) in [6.45, 7) is 13.7. The molecular formula is C18H28Br2O4. The number of ether oxygens (including phenoxy) is 4. The highest BCUT2D eigenvalue weighted by Crippen LogP contribution is 2.29. The van der Waals surface area contributed by atoms with E-state index in [-0.39, 0.29) is 0 Å². The van der Waals surface area contributed by atoms with Gasteiger partial charge in [-0.2, -0.15) is 0 Å². The second-order valence-electron chi connectivity index (χ2n) is 6.28. The van der Waals surface area contributed by atoms with Crippen LogP contribution in [0.2, 0.25) is 0 Å². The number of halogens is 2. The van der Waals surface area contributed by atoms with Crippen molar-refractivity contribution in [2.45, 2.75) is 66.3 Å². The van der Waals surface area contributed by atoms with Crippen molar-refractivity contribution < 1.29 is 18.9 Å². The van der Waals surface area contributed by atoms with Crippen molar-refractivity contribution in [3.05, 3.63) is 32.2 Å². The van der Waals surface area contributed by atoms with Crippen LogP contribution in [0.4, 0.5) is 0 Å². The number of hydrogen-bond acceptors (Lipinski definition) is 4. The van der Waals surface area contributed by atoms with Crippen LogP contribution in [-0.4, -0.2) is 24.8 Å². The van der Waals surface area contributed by atoms with E-state index in [1.165, 1.54) is 0 Å². The van der Waals surface area contributed by atoms with E-state index in [1.807, 2.05) is 53.7 Å². The van der Waals surface area contributed by atoms with Gasteiger partial charge < -0.3 is 18.9 Å². The van der Waals surface area contributed by atoms with Gasteiger partial charge in [-0.25, -0.2) is 0 Å². The first-order valence-corrected chi connectivity index (χ1v) is 9.71. The Labute approximate surface area is 162 Å². The van der Waals surface area contributed by atoms with Gasteiger partial charge in [-0.1, -0.05) is 31.9 Å². The molecule has 0 fully saturated rings. The molecule has 0 unspecified atom stereocenters. The summed E-state index contributed by atoms with van der Waals surface area (Å²) in [5.74, 6) is -1.21. The Kier molecular flexibility index (Phi) is 8.87. The fourth-order valence-electron chi connectivity index (χ4n) is 2.13. The lowest BCUT2D eigenvalue weighted by atomic mass is 10.1. The van der Waals surface area contributed by atoms with Gasteiger partial charge in [0, 0.05) is 22.2 Å². The van der Waals surface area contributed by atoms with Crippen LogP contribution in [0.1, 0.15) is 52.7 Å². The Balaban J connectivity index is 2.75. The van der Waals surface area contributed by atoms with Crippen molar-refractivity contribution >= 4 is 31.9 Å². The van der Waals surface area contributed by atoms with Crippen LogP contribution >= 0.6 is 31.9 Å². The fourth-order valence-corrected chi connectivity index (χ4v) is 3.14. The van der Waals surface area contributed by atoms with Crippen molar-refractivity contribution in [1.82, 2.24) is 0 Å². The Morgan fingerprint density at radius 1 is 0.708 bits per heavy atom. The van der Waals surface area contributed by atoms with Crippen molar-refractivity contribution in [1.29, 1.82) is 0 Å². The Morgan fingerprint density at radius 2 is 1.04 bits per heavy atom. The molecule has 0 radical (unpaired) electrons. The molecule has 138 valence electrons. The molecule has 0 amide bonds. The SMILES string of the molecule is CCOC(C)(C)OCc1cc(Br)c(COC(C)(C)OCC)cc1Br. The highest BCUT2D eigenvalue weighted by atomic mass is 79.9. The van der Waals surface area contributed by atoms with Crippen LogP contribution in [0.15, 0.2) is 21.1 Å². The maximum atomic E-state index is 5.85. The van der Waals surface area contributed by atoms with E-state index >= 15 is 0 Å². The lowest BCUT2D eigenvalue weighted by Gasteiger charge is -2.26. The molecule has 6 heteroatoms. The Hall–Kier alpha value is 0.0200. The van der Waals surface area contributed by atoms with Crippen LogP contribution in [0, 0.1) is 0 Å². The molecule has 1 aromatic rings. The Bertz CT molecular complexity index is 482.